The molecule has 0 unspecified atom stereocenters. The Balaban J connectivity index is 0.00000192. The normalized spacial score (nSPS) is 18.4. The summed E-state index contributed by atoms with van der Waals surface area (Å²) in [6, 6.07) is 0.405. The highest BCUT2D eigenvalue weighted by Gasteiger charge is 2.23. The molecule has 2 fully saturated rings. The van der Waals surface area contributed by atoms with Crippen LogP contribution in [0, 0.1) is 0 Å². The number of nitrogens with one attached hydrogen (secondary N) is 1. The van der Waals surface area contributed by atoms with Crippen LogP contribution >= 0.6 is 12.4 Å². The zero-order valence-corrected chi connectivity index (χ0v) is 16.5. The van der Waals surface area contributed by atoms with Gasteiger partial charge in [-0.05, 0) is 38.8 Å². The molecule has 4 heterocycles. The van der Waals surface area contributed by atoms with Gasteiger partial charge in [0.05, 0.1) is 18.8 Å². The van der Waals surface area contributed by atoms with Crippen LogP contribution in [0.25, 0.3) is 11.5 Å². The van der Waals surface area contributed by atoms with Crippen LogP contribution in [0.4, 0.5) is 0 Å². The summed E-state index contributed by atoms with van der Waals surface area (Å²) >= 11 is 0. The quantitative estimate of drug-likeness (QED) is 0.697. The van der Waals surface area contributed by atoms with E-state index in [4.69, 9.17) is 4.52 Å². The van der Waals surface area contributed by atoms with Gasteiger partial charge in [-0.15, -0.1) is 17.5 Å². The number of imidazole rings is 1. The Labute approximate surface area is 169 Å². The second kappa shape index (κ2) is 8.40. The number of piperidine rings is 1. The number of rotatable bonds is 5. The highest BCUT2D eigenvalue weighted by atomic mass is 35.5. The first-order chi connectivity index (χ1) is 13.4. The largest absolute Gasteiger partial charge is 0.339 e. The average Bonchev–Trinajstić information content (AvgIpc) is 3.48. The molecule has 9 nitrogen and oxygen atoms in total. The van der Waals surface area contributed by atoms with Crippen molar-refractivity contribution in [1.82, 2.24) is 40.0 Å². The van der Waals surface area contributed by atoms with Crippen LogP contribution in [0.5, 0.6) is 0 Å². The summed E-state index contributed by atoms with van der Waals surface area (Å²) in [6.07, 6.45) is 12.6. The lowest BCUT2D eigenvalue weighted by Gasteiger charge is -2.22. The van der Waals surface area contributed by atoms with Crippen molar-refractivity contribution < 1.29 is 4.52 Å². The van der Waals surface area contributed by atoms with Crippen molar-refractivity contribution in [2.24, 2.45) is 0 Å². The average molecular weight is 405 g/mol. The minimum atomic E-state index is 0. The Hall–Kier alpha value is -2.26. The fourth-order valence-electron chi connectivity index (χ4n) is 4.12. The standard InChI is InChI=1S/C18H24N8O.ClH/c1-2-4-13(3-1)18-21-16(23-27-18)12-25-10-9-20-17(25)15-11-26(24-22-15)14-5-7-19-8-6-14;/h9-11,13-14,19H,1-8,12H2;1H. The summed E-state index contributed by atoms with van der Waals surface area (Å²) in [4.78, 5) is 9.08. The maximum Gasteiger partial charge on any atom is 0.229 e. The molecule has 0 radical (unpaired) electrons. The van der Waals surface area contributed by atoms with Gasteiger partial charge in [0.15, 0.2) is 11.6 Å². The van der Waals surface area contributed by atoms with E-state index >= 15 is 0 Å². The first-order valence-corrected chi connectivity index (χ1v) is 9.83. The molecule has 10 heteroatoms. The lowest BCUT2D eigenvalue weighted by Crippen LogP contribution is -2.29. The second-order valence-corrected chi connectivity index (χ2v) is 7.47. The summed E-state index contributed by atoms with van der Waals surface area (Å²) < 4.78 is 9.47. The maximum absolute atomic E-state index is 5.49. The van der Waals surface area contributed by atoms with Gasteiger partial charge in [0.25, 0.3) is 0 Å². The van der Waals surface area contributed by atoms with Crippen molar-refractivity contribution in [2.45, 2.75) is 57.0 Å². The van der Waals surface area contributed by atoms with E-state index < -0.39 is 0 Å². The van der Waals surface area contributed by atoms with E-state index in [0.717, 1.165) is 56.2 Å². The Morgan fingerprint density at radius 2 is 1.96 bits per heavy atom. The Bertz CT molecular complexity index is 891. The van der Waals surface area contributed by atoms with Gasteiger partial charge < -0.3 is 14.4 Å². The van der Waals surface area contributed by atoms with Crippen LogP contribution in [-0.4, -0.2) is 47.8 Å². The van der Waals surface area contributed by atoms with E-state index in [1.165, 1.54) is 12.8 Å². The predicted molar refractivity (Wildman–Crippen MR) is 104 cm³/mol. The molecular weight excluding hydrogens is 380 g/mol. The summed E-state index contributed by atoms with van der Waals surface area (Å²) in [5, 5.41) is 16.2. The molecule has 1 saturated heterocycles. The first kappa shape index (κ1) is 19.1. The summed E-state index contributed by atoms with van der Waals surface area (Å²) in [5.41, 5.74) is 0.776. The fourth-order valence-corrected chi connectivity index (χ4v) is 4.12. The van der Waals surface area contributed by atoms with Crippen LogP contribution < -0.4 is 5.32 Å². The van der Waals surface area contributed by atoms with Gasteiger partial charge in [0.1, 0.15) is 5.69 Å². The van der Waals surface area contributed by atoms with Crippen molar-refractivity contribution in [2.75, 3.05) is 13.1 Å². The van der Waals surface area contributed by atoms with Gasteiger partial charge in [0, 0.05) is 18.3 Å². The Kier molecular flexibility index (Phi) is 5.72. The molecule has 3 aromatic rings. The van der Waals surface area contributed by atoms with Gasteiger partial charge >= 0.3 is 0 Å². The first-order valence-electron chi connectivity index (χ1n) is 9.83. The van der Waals surface area contributed by atoms with E-state index in [-0.39, 0.29) is 12.4 Å². The molecule has 1 aliphatic heterocycles. The maximum atomic E-state index is 5.49. The van der Waals surface area contributed by atoms with E-state index in [2.05, 4.69) is 30.8 Å². The minimum absolute atomic E-state index is 0. The van der Waals surface area contributed by atoms with Crippen molar-refractivity contribution in [1.29, 1.82) is 0 Å². The Morgan fingerprint density at radius 1 is 1.14 bits per heavy atom. The predicted octanol–water partition coefficient (Wildman–Crippen LogP) is 2.58. The third kappa shape index (κ3) is 3.81. The highest BCUT2D eigenvalue weighted by Crippen LogP contribution is 2.33. The molecule has 3 aromatic heterocycles. The topological polar surface area (TPSA) is 99.5 Å². The minimum Gasteiger partial charge on any atom is -0.339 e. The lowest BCUT2D eigenvalue weighted by molar-refractivity contribution is 0.337. The van der Waals surface area contributed by atoms with E-state index in [0.29, 0.717) is 24.3 Å². The van der Waals surface area contributed by atoms with Gasteiger partial charge in [-0.2, -0.15) is 4.98 Å². The van der Waals surface area contributed by atoms with Crippen molar-refractivity contribution >= 4 is 12.4 Å². The van der Waals surface area contributed by atoms with Crippen molar-refractivity contribution in [3.63, 3.8) is 0 Å². The third-order valence-corrected chi connectivity index (χ3v) is 5.64. The van der Waals surface area contributed by atoms with Gasteiger partial charge in [-0.25, -0.2) is 9.67 Å². The van der Waals surface area contributed by atoms with Crippen LogP contribution in [0.3, 0.4) is 0 Å². The molecule has 28 heavy (non-hydrogen) atoms. The van der Waals surface area contributed by atoms with Crippen LogP contribution in [0.1, 0.15) is 62.2 Å². The number of hydrogen-bond acceptors (Lipinski definition) is 7. The SMILES string of the molecule is Cl.c1cn(Cc2noc(C3CCCC3)n2)c(-c2cn(C3CCNCC3)nn2)n1. The molecule has 1 aliphatic carbocycles. The molecule has 0 amide bonds. The molecule has 0 spiro atoms. The number of aromatic nitrogens is 7. The van der Waals surface area contributed by atoms with E-state index in [1.54, 1.807) is 6.20 Å². The third-order valence-electron chi connectivity index (χ3n) is 5.64. The summed E-state index contributed by atoms with van der Waals surface area (Å²) in [6.45, 7) is 2.57. The second-order valence-electron chi connectivity index (χ2n) is 7.47. The number of nitrogens with zero attached hydrogens (tertiary/aromatic N) is 7. The Morgan fingerprint density at radius 3 is 2.79 bits per heavy atom. The zero-order valence-electron chi connectivity index (χ0n) is 15.7. The smallest absolute Gasteiger partial charge is 0.229 e. The molecule has 5 rings (SSSR count). The van der Waals surface area contributed by atoms with Gasteiger partial charge in [0.2, 0.25) is 5.89 Å². The summed E-state index contributed by atoms with van der Waals surface area (Å²) in [5.74, 6) is 2.67. The molecular formula is C18H25ClN8O. The number of hydrogen-bond donors (Lipinski definition) is 1. The van der Waals surface area contributed by atoms with Gasteiger partial charge in [-0.3, -0.25) is 0 Å². The van der Waals surface area contributed by atoms with Crippen LogP contribution in [-0.2, 0) is 6.54 Å². The number of halogens is 1. The molecule has 1 N–H and O–H groups in total. The van der Waals surface area contributed by atoms with E-state index in [1.807, 2.05) is 21.6 Å². The monoisotopic (exact) mass is 404 g/mol. The van der Waals surface area contributed by atoms with Crippen molar-refractivity contribution in [3.05, 3.63) is 30.3 Å². The molecule has 1 saturated carbocycles. The van der Waals surface area contributed by atoms with Gasteiger partial charge in [-0.1, -0.05) is 23.2 Å². The fraction of sp³-hybridized carbons (Fsp3) is 0.611. The summed E-state index contributed by atoms with van der Waals surface area (Å²) in [7, 11) is 0. The van der Waals surface area contributed by atoms with Crippen LogP contribution in [0.15, 0.2) is 23.1 Å². The molecule has 0 atom stereocenters. The lowest BCUT2D eigenvalue weighted by atomic mass is 10.1. The van der Waals surface area contributed by atoms with Crippen molar-refractivity contribution in [3.8, 4) is 11.5 Å². The zero-order chi connectivity index (χ0) is 18.1. The molecule has 2 aliphatic rings. The molecule has 0 bridgehead atoms. The molecule has 0 aromatic carbocycles. The highest BCUT2D eigenvalue weighted by molar-refractivity contribution is 5.85. The van der Waals surface area contributed by atoms with E-state index in [9.17, 15) is 0 Å². The molecule has 150 valence electrons. The van der Waals surface area contributed by atoms with Crippen LogP contribution in [0.2, 0.25) is 0 Å².